The van der Waals surface area contributed by atoms with Crippen LogP contribution in [0.25, 0.3) is 0 Å². The van der Waals surface area contributed by atoms with E-state index in [9.17, 15) is 14.7 Å². The Balaban J connectivity index is 1.93. The highest BCUT2D eigenvalue weighted by Crippen LogP contribution is 2.23. The van der Waals surface area contributed by atoms with Crippen LogP contribution < -0.4 is 5.32 Å². The standard InChI is InChI=1S/C15H18ClNO4/c16-12-3-1-11(2-4-12)14(18)17-9-13(15(19)20)10-5-7-21-8-6-10/h1-4,10,13H,5-9H2,(H,17,18)(H,19,20). The molecule has 0 spiro atoms. The number of halogens is 1. The predicted molar refractivity (Wildman–Crippen MR) is 78.5 cm³/mol. The van der Waals surface area contributed by atoms with Crippen molar-refractivity contribution in [1.82, 2.24) is 5.32 Å². The lowest BCUT2D eigenvalue weighted by molar-refractivity contribution is -0.144. The van der Waals surface area contributed by atoms with E-state index in [4.69, 9.17) is 16.3 Å². The van der Waals surface area contributed by atoms with E-state index in [1.54, 1.807) is 24.3 Å². The smallest absolute Gasteiger partial charge is 0.308 e. The van der Waals surface area contributed by atoms with Crippen molar-refractivity contribution in [3.05, 3.63) is 34.9 Å². The Bertz CT molecular complexity index is 497. The van der Waals surface area contributed by atoms with Crippen LogP contribution in [-0.2, 0) is 9.53 Å². The van der Waals surface area contributed by atoms with E-state index in [1.807, 2.05) is 0 Å². The normalized spacial score (nSPS) is 17.2. The molecule has 0 aliphatic carbocycles. The second-order valence-electron chi connectivity index (χ2n) is 5.11. The van der Waals surface area contributed by atoms with Gasteiger partial charge >= 0.3 is 5.97 Å². The predicted octanol–water partition coefficient (Wildman–Crippen LogP) is 2.20. The lowest BCUT2D eigenvalue weighted by Crippen LogP contribution is -2.38. The highest BCUT2D eigenvalue weighted by Gasteiger charge is 2.30. The van der Waals surface area contributed by atoms with Gasteiger partial charge in [0.1, 0.15) is 0 Å². The minimum Gasteiger partial charge on any atom is -0.481 e. The Morgan fingerprint density at radius 2 is 1.90 bits per heavy atom. The van der Waals surface area contributed by atoms with Gasteiger partial charge in [-0.1, -0.05) is 11.6 Å². The first-order valence-electron chi connectivity index (χ1n) is 6.92. The highest BCUT2D eigenvalue weighted by molar-refractivity contribution is 6.30. The number of ether oxygens (including phenoxy) is 1. The fourth-order valence-electron chi connectivity index (χ4n) is 2.48. The van der Waals surface area contributed by atoms with Crippen molar-refractivity contribution >= 4 is 23.5 Å². The van der Waals surface area contributed by atoms with Gasteiger partial charge in [-0.3, -0.25) is 9.59 Å². The van der Waals surface area contributed by atoms with Gasteiger partial charge in [-0.2, -0.15) is 0 Å². The molecule has 1 aliphatic rings. The van der Waals surface area contributed by atoms with Crippen molar-refractivity contribution in [1.29, 1.82) is 0 Å². The highest BCUT2D eigenvalue weighted by atomic mass is 35.5. The van der Waals surface area contributed by atoms with E-state index < -0.39 is 11.9 Å². The van der Waals surface area contributed by atoms with Crippen molar-refractivity contribution in [3.8, 4) is 0 Å². The number of hydrogen-bond donors (Lipinski definition) is 2. The van der Waals surface area contributed by atoms with Gasteiger partial charge in [0.25, 0.3) is 5.91 Å². The van der Waals surface area contributed by atoms with Gasteiger partial charge in [-0.15, -0.1) is 0 Å². The number of rotatable bonds is 5. The Morgan fingerprint density at radius 1 is 1.29 bits per heavy atom. The number of hydrogen-bond acceptors (Lipinski definition) is 3. The van der Waals surface area contributed by atoms with E-state index in [2.05, 4.69) is 5.32 Å². The minimum atomic E-state index is -0.877. The summed E-state index contributed by atoms with van der Waals surface area (Å²) in [6.45, 7) is 1.29. The van der Waals surface area contributed by atoms with E-state index >= 15 is 0 Å². The van der Waals surface area contributed by atoms with Crippen LogP contribution in [0.5, 0.6) is 0 Å². The van der Waals surface area contributed by atoms with Crippen LogP contribution in [0.2, 0.25) is 5.02 Å². The van der Waals surface area contributed by atoms with Crippen molar-refractivity contribution in [2.75, 3.05) is 19.8 Å². The summed E-state index contributed by atoms with van der Waals surface area (Å²) >= 11 is 5.77. The van der Waals surface area contributed by atoms with Crippen LogP contribution in [-0.4, -0.2) is 36.7 Å². The third-order valence-electron chi connectivity index (χ3n) is 3.74. The Kier molecular flexibility index (Phi) is 5.59. The molecule has 1 saturated heterocycles. The van der Waals surface area contributed by atoms with Crippen molar-refractivity contribution in [2.45, 2.75) is 12.8 Å². The molecule has 0 aromatic heterocycles. The largest absolute Gasteiger partial charge is 0.481 e. The summed E-state index contributed by atoms with van der Waals surface area (Å²) in [6.07, 6.45) is 1.43. The first-order valence-corrected chi connectivity index (χ1v) is 7.30. The molecule has 1 heterocycles. The number of carbonyl (C=O) groups excluding carboxylic acids is 1. The molecule has 0 saturated carbocycles. The molecule has 2 rings (SSSR count). The zero-order valence-electron chi connectivity index (χ0n) is 11.5. The summed E-state index contributed by atoms with van der Waals surface area (Å²) < 4.78 is 5.24. The Hall–Kier alpha value is -1.59. The fourth-order valence-corrected chi connectivity index (χ4v) is 2.61. The summed E-state index contributed by atoms with van der Waals surface area (Å²) in [6, 6.07) is 6.48. The van der Waals surface area contributed by atoms with Crippen molar-refractivity contribution in [2.24, 2.45) is 11.8 Å². The molecule has 21 heavy (non-hydrogen) atoms. The molecule has 0 radical (unpaired) electrons. The zero-order chi connectivity index (χ0) is 15.2. The molecule has 1 aliphatic heterocycles. The zero-order valence-corrected chi connectivity index (χ0v) is 12.3. The van der Waals surface area contributed by atoms with Crippen LogP contribution in [0.3, 0.4) is 0 Å². The van der Waals surface area contributed by atoms with Crippen LogP contribution in [0.1, 0.15) is 23.2 Å². The van der Waals surface area contributed by atoms with Gasteiger partial charge in [-0.05, 0) is 43.0 Å². The molecule has 6 heteroatoms. The molecule has 1 aromatic carbocycles. The Morgan fingerprint density at radius 3 is 2.48 bits per heavy atom. The monoisotopic (exact) mass is 311 g/mol. The van der Waals surface area contributed by atoms with Crippen LogP contribution >= 0.6 is 11.6 Å². The van der Waals surface area contributed by atoms with Crippen LogP contribution in [0.4, 0.5) is 0 Å². The lowest BCUT2D eigenvalue weighted by atomic mass is 9.86. The third kappa shape index (κ3) is 4.44. The first-order chi connectivity index (χ1) is 10.1. The topological polar surface area (TPSA) is 75.6 Å². The number of carboxylic acid groups (broad SMARTS) is 1. The first kappa shape index (κ1) is 15.8. The number of carbonyl (C=O) groups is 2. The molecule has 0 bridgehead atoms. The van der Waals surface area contributed by atoms with E-state index in [1.165, 1.54) is 0 Å². The van der Waals surface area contributed by atoms with Crippen LogP contribution in [0.15, 0.2) is 24.3 Å². The van der Waals surface area contributed by atoms with Gasteiger partial charge in [0.15, 0.2) is 0 Å². The summed E-state index contributed by atoms with van der Waals surface area (Å²) in [5.74, 6) is -1.70. The lowest BCUT2D eigenvalue weighted by Gasteiger charge is -2.27. The Labute approximate surface area is 128 Å². The minimum absolute atomic E-state index is 0.0433. The molecular weight excluding hydrogens is 294 g/mol. The summed E-state index contributed by atoms with van der Waals surface area (Å²) in [5, 5.41) is 12.6. The molecule has 1 unspecified atom stereocenters. The van der Waals surface area contributed by atoms with Crippen molar-refractivity contribution < 1.29 is 19.4 Å². The number of nitrogens with one attached hydrogen (secondary N) is 1. The molecule has 5 nitrogen and oxygen atoms in total. The summed E-state index contributed by atoms with van der Waals surface area (Å²) in [7, 11) is 0. The average molecular weight is 312 g/mol. The molecule has 1 amide bonds. The molecule has 2 N–H and O–H groups in total. The molecular formula is C15H18ClNO4. The van der Waals surface area contributed by atoms with Crippen molar-refractivity contribution in [3.63, 3.8) is 0 Å². The maximum atomic E-state index is 12.0. The van der Waals surface area contributed by atoms with Gasteiger partial charge in [0.2, 0.25) is 0 Å². The second-order valence-corrected chi connectivity index (χ2v) is 5.55. The van der Waals surface area contributed by atoms with Gasteiger partial charge in [-0.25, -0.2) is 0 Å². The number of carboxylic acids is 1. The van der Waals surface area contributed by atoms with Gasteiger partial charge < -0.3 is 15.2 Å². The number of benzene rings is 1. The van der Waals surface area contributed by atoms with E-state index in [0.717, 1.165) is 0 Å². The SMILES string of the molecule is O=C(NCC(C(=O)O)C1CCOCC1)c1ccc(Cl)cc1. The number of amides is 1. The molecule has 1 aromatic rings. The quantitative estimate of drug-likeness (QED) is 0.874. The average Bonchev–Trinajstić information content (AvgIpc) is 2.48. The maximum absolute atomic E-state index is 12.0. The second kappa shape index (κ2) is 7.43. The molecule has 114 valence electrons. The van der Waals surface area contributed by atoms with E-state index in [0.29, 0.717) is 36.6 Å². The summed E-state index contributed by atoms with van der Waals surface area (Å²) in [4.78, 5) is 23.4. The fraction of sp³-hybridized carbons (Fsp3) is 0.467. The molecule has 1 fully saturated rings. The van der Waals surface area contributed by atoms with Gasteiger partial charge in [0, 0.05) is 30.3 Å². The number of aliphatic carboxylic acids is 1. The van der Waals surface area contributed by atoms with E-state index in [-0.39, 0.29) is 18.4 Å². The summed E-state index contributed by atoms with van der Waals surface area (Å²) in [5.41, 5.74) is 0.468. The maximum Gasteiger partial charge on any atom is 0.308 e. The van der Waals surface area contributed by atoms with Gasteiger partial charge in [0.05, 0.1) is 5.92 Å². The van der Waals surface area contributed by atoms with Crippen LogP contribution in [0, 0.1) is 11.8 Å². The third-order valence-corrected chi connectivity index (χ3v) is 3.99. The molecule has 1 atom stereocenters.